The molecule has 2 aromatic heterocycles. The zero-order valence-corrected chi connectivity index (χ0v) is 18.0. The number of rotatable bonds is 6. The Balaban J connectivity index is 1.47. The molecule has 0 fully saturated rings. The summed E-state index contributed by atoms with van der Waals surface area (Å²) in [6.45, 7) is 3.11. The van der Waals surface area contributed by atoms with Gasteiger partial charge in [-0.2, -0.15) is 5.10 Å². The Labute approximate surface area is 185 Å². The van der Waals surface area contributed by atoms with Crippen LogP contribution in [0.3, 0.4) is 0 Å². The van der Waals surface area contributed by atoms with Gasteiger partial charge in [0.25, 0.3) is 5.91 Å². The van der Waals surface area contributed by atoms with Crippen molar-refractivity contribution in [2.75, 3.05) is 6.54 Å². The summed E-state index contributed by atoms with van der Waals surface area (Å²) >= 11 is 6.03. The van der Waals surface area contributed by atoms with Gasteiger partial charge in [-0.3, -0.25) is 9.48 Å². The second-order valence-electron chi connectivity index (χ2n) is 7.92. The van der Waals surface area contributed by atoms with E-state index < -0.39 is 0 Å². The lowest BCUT2D eigenvalue weighted by Gasteiger charge is -2.32. The van der Waals surface area contributed by atoms with E-state index in [0.717, 1.165) is 41.6 Å². The number of aromatic nitrogens is 3. The first-order valence-corrected chi connectivity index (χ1v) is 11.0. The van der Waals surface area contributed by atoms with Crippen molar-refractivity contribution in [3.8, 4) is 11.3 Å². The molecule has 4 aromatic rings. The predicted molar refractivity (Wildman–Crippen MR) is 120 cm³/mol. The fourth-order valence-electron chi connectivity index (χ4n) is 4.11. The molecule has 2 aromatic carbocycles. The molecule has 0 saturated carbocycles. The van der Waals surface area contributed by atoms with Gasteiger partial charge in [0.05, 0.1) is 18.3 Å². The van der Waals surface area contributed by atoms with E-state index in [-0.39, 0.29) is 11.9 Å². The Hall–Kier alpha value is -3.12. The van der Waals surface area contributed by atoms with Gasteiger partial charge in [0.15, 0.2) is 5.58 Å². The van der Waals surface area contributed by atoms with Gasteiger partial charge in [-0.1, -0.05) is 55.6 Å². The second-order valence-corrected chi connectivity index (χ2v) is 8.36. The molecule has 0 aliphatic carbocycles. The van der Waals surface area contributed by atoms with E-state index in [0.29, 0.717) is 29.7 Å². The maximum atomic E-state index is 13.3. The summed E-state index contributed by atoms with van der Waals surface area (Å²) in [6, 6.07) is 17.2. The molecule has 0 N–H and O–H groups in total. The maximum absolute atomic E-state index is 13.3. The Morgan fingerprint density at radius 1 is 1.16 bits per heavy atom. The standard InChI is InChI=1S/C24H23ClN4O2/c1-2-3-6-18-14-28(15-23-26-19-7-4-5-8-22(19)31-23)24(30)21-13-20(27-29(18)21)16-9-11-17(25)12-10-16/h4-5,7-13,18H,2-3,6,14-15H2,1H3. The summed E-state index contributed by atoms with van der Waals surface area (Å²) in [5, 5.41) is 5.47. The Morgan fingerprint density at radius 2 is 1.97 bits per heavy atom. The third-order valence-electron chi connectivity index (χ3n) is 5.71. The summed E-state index contributed by atoms with van der Waals surface area (Å²) in [7, 11) is 0. The number of carbonyl (C=O) groups excluding carboxylic acids is 1. The molecule has 158 valence electrons. The van der Waals surface area contributed by atoms with E-state index in [4.69, 9.17) is 21.1 Å². The van der Waals surface area contributed by atoms with E-state index in [1.165, 1.54) is 0 Å². The fraction of sp³-hybridized carbons (Fsp3) is 0.292. The Bertz CT molecular complexity index is 1200. The number of hydrogen-bond acceptors (Lipinski definition) is 4. The van der Waals surface area contributed by atoms with Gasteiger partial charge in [-0.25, -0.2) is 4.98 Å². The Morgan fingerprint density at radius 3 is 2.74 bits per heavy atom. The van der Waals surface area contributed by atoms with Crippen LogP contribution in [0.4, 0.5) is 0 Å². The molecule has 6 nitrogen and oxygen atoms in total. The quantitative estimate of drug-likeness (QED) is 0.388. The number of nitrogens with zero attached hydrogens (tertiary/aromatic N) is 4. The summed E-state index contributed by atoms with van der Waals surface area (Å²) < 4.78 is 7.78. The normalized spacial score (nSPS) is 16.1. The summed E-state index contributed by atoms with van der Waals surface area (Å²) in [6.07, 6.45) is 3.13. The molecule has 1 aliphatic rings. The number of oxazole rings is 1. The topological polar surface area (TPSA) is 64.2 Å². The molecule has 7 heteroatoms. The number of halogens is 1. The minimum absolute atomic E-state index is 0.0530. The van der Waals surface area contributed by atoms with Crippen molar-refractivity contribution in [3.63, 3.8) is 0 Å². The van der Waals surface area contributed by atoms with Crippen molar-refractivity contribution in [2.45, 2.75) is 38.8 Å². The number of hydrogen-bond donors (Lipinski definition) is 0. The predicted octanol–water partition coefficient (Wildman–Crippen LogP) is 5.73. The molecule has 1 unspecified atom stereocenters. The van der Waals surface area contributed by atoms with Crippen LogP contribution in [-0.4, -0.2) is 32.1 Å². The van der Waals surface area contributed by atoms with E-state index >= 15 is 0 Å². The van der Waals surface area contributed by atoms with Crippen LogP contribution in [0.25, 0.3) is 22.4 Å². The van der Waals surface area contributed by atoms with Crippen LogP contribution in [0.15, 0.2) is 59.0 Å². The zero-order chi connectivity index (χ0) is 21.4. The highest BCUT2D eigenvalue weighted by Gasteiger charge is 2.33. The zero-order valence-electron chi connectivity index (χ0n) is 17.3. The average molecular weight is 435 g/mol. The minimum Gasteiger partial charge on any atom is -0.439 e. The number of benzene rings is 2. The van der Waals surface area contributed by atoms with Crippen LogP contribution in [-0.2, 0) is 6.54 Å². The smallest absolute Gasteiger partial charge is 0.272 e. The van der Waals surface area contributed by atoms with Crippen LogP contribution in [0, 0.1) is 0 Å². The van der Waals surface area contributed by atoms with Crippen molar-refractivity contribution >= 4 is 28.6 Å². The molecule has 0 spiro atoms. The molecule has 0 saturated heterocycles. The third kappa shape index (κ3) is 3.83. The van der Waals surface area contributed by atoms with E-state index in [1.807, 2.05) is 64.2 Å². The van der Waals surface area contributed by atoms with E-state index in [1.54, 1.807) is 0 Å². The first-order valence-electron chi connectivity index (χ1n) is 10.6. The molecule has 3 heterocycles. The van der Waals surface area contributed by atoms with Gasteiger partial charge >= 0.3 is 0 Å². The lowest BCUT2D eigenvalue weighted by Crippen LogP contribution is -2.42. The van der Waals surface area contributed by atoms with Crippen LogP contribution < -0.4 is 0 Å². The Kier molecular flexibility index (Phi) is 5.24. The molecular formula is C24H23ClN4O2. The van der Waals surface area contributed by atoms with Gasteiger partial charge in [0.2, 0.25) is 5.89 Å². The lowest BCUT2D eigenvalue weighted by atomic mass is 10.1. The highest BCUT2D eigenvalue weighted by molar-refractivity contribution is 6.30. The molecule has 5 rings (SSSR count). The van der Waals surface area contributed by atoms with Gasteiger partial charge in [0.1, 0.15) is 11.2 Å². The molecule has 1 amide bonds. The SMILES string of the molecule is CCCCC1CN(Cc2nc3ccccc3o2)C(=O)c2cc(-c3ccc(Cl)cc3)nn21. The van der Waals surface area contributed by atoms with Crippen LogP contribution in [0.5, 0.6) is 0 Å². The molecule has 1 atom stereocenters. The maximum Gasteiger partial charge on any atom is 0.272 e. The number of para-hydroxylation sites is 2. The van der Waals surface area contributed by atoms with Crippen molar-refractivity contribution in [3.05, 3.63) is 71.2 Å². The molecule has 1 aliphatic heterocycles. The van der Waals surface area contributed by atoms with Gasteiger partial charge < -0.3 is 9.32 Å². The number of carbonyl (C=O) groups is 1. The highest BCUT2D eigenvalue weighted by atomic mass is 35.5. The number of unbranched alkanes of at least 4 members (excludes halogenated alkanes) is 1. The van der Waals surface area contributed by atoms with Gasteiger partial charge in [0, 0.05) is 17.1 Å². The number of fused-ring (bicyclic) bond motifs is 2. The molecule has 0 bridgehead atoms. The molecule has 0 radical (unpaired) electrons. The van der Waals surface area contributed by atoms with Crippen molar-refractivity contribution in [1.29, 1.82) is 0 Å². The van der Waals surface area contributed by atoms with Crippen LogP contribution >= 0.6 is 11.6 Å². The van der Waals surface area contributed by atoms with Crippen molar-refractivity contribution in [2.24, 2.45) is 0 Å². The number of amides is 1. The van der Waals surface area contributed by atoms with Crippen LogP contribution in [0.1, 0.15) is 48.6 Å². The fourth-order valence-corrected chi connectivity index (χ4v) is 4.24. The summed E-state index contributed by atoms with van der Waals surface area (Å²) in [5.41, 5.74) is 3.87. The largest absolute Gasteiger partial charge is 0.439 e. The summed E-state index contributed by atoms with van der Waals surface area (Å²) in [4.78, 5) is 19.7. The van der Waals surface area contributed by atoms with E-state index in [9.17, 15) is 4.79 Å². The monoisotopic (exact) mass is 434 g/mol. The second kappa shape index (κ2) is 8.19. The molecule has 31 heavy (non-hydrogen) atoms. The minimum atomic E-state index is -0.0530. The van der Waals surface area contributed by atoms with E-state index in [2.05, 4.69) is 11.9 Å². The summed E-state index contributed by atoms with van der Waals surface area (Å²) in [5.74, 6) is 0.498. The third-order valence-corrected chi connectivity index (χ3v) is 5.97. The van der Waals surface area contributed by atoms with Crippen molar-refractivity contribution < 1.29 is 9.21 Å². The lowest BCUT2D eigenvalue weighted by molar-refractivity contribution is 0.0618. The molecular weight excluding hydrogens is 412 g/mol. The van der Waals surface area contributed by atoms with Crippen molar-refractivity contribution in [1.82, 2.24) is 19.7 Å². The van der Waals surface area contributed by atoms with Crippen LogP contribution in [0.2, 0.25) is 5.02 Å². The van der Waals surface area contributed by atoms with Gasteiger partial charge in [-0.05, 0) is 36.8 Å². The first kappa shape index (κ1) is 19.8. The first-order chi connectivity index (χ1) is 15.1. The highest BCUT2D eigenvalue weighted by Crippen LogP contribution is 2.30. The van der Waals surface area contributed by atoms with Gasteiger partial charge in [-0.15, -0.1) is 0 Å². The average Bonchev–Trinajstić information content (AvgIpc) is 3.40.